The number of anilines is 2. The molecule has 0 aliphatic heterocycles. The van der Waals surface area contributed by atoms with Gasteiger partial charge in [0.25, 0.3) is 0 Å². The van der Waals surface area contributed by atoms with Crippen LogP contribution in [0.25, 0.3) is 0 Å². The van der Waals surface area contributed by atoms with Crippen molar-refractivity contribution >= 4 is 39.0 Å². The topological polar surface area (TPSA) is 82.0 Å². The second-order valence-electron chi connectivity index (χ2n) is 5.61. The highest BCUT2D eigenvalue weighted by Gasteiger charge is 2.08. The maximum atomic E-state index is 12.1. The van der Waals surface area contributed by atoms with Gasteiger partial charge in [-0.05, 0) is 55.8 Å². The van der Waals surface area contributed by atoms with Crippen molar-refractivity contribution in [3.05, 3.63) is 57.6 Å². The molecule has 0 aromatic heterocycles. The van der Waals surface area contributed by atoms with E-state index in [9.17, 15) is 9.59 Å². The van der Waals surface area contributed by atoms with Crippen LogP contribution in [0.3, 0.4) is 0 Å². The second-order valence-corrected chi connectivity index (χ2v) is 6.53. The first-order chi connectivity index (χ1) is 11.9. The van der Waals surface area contributed by atoms with Crippen LogP contribution in [0.5, 0.6) is 0 Å². The average Bonchev–Trinajstić information content (AvgIpc) is 2.57. The Morgan fingerprint density at radius 1 is 1.16 bits per heavy atom. The summed E-state index contributed by atoms with van der Waals surface area (Å²) in [5.74, 6) is -0.199. The Kier molecular flexibility index (Phi) is 6.31. The van der Waals surface area contributed by atoms with Crippen LogP contribution in [0.15, 0.2) is 40.9 Å². The highest BCUT2D eigenvalue weighted by Crippen LogP contribution is 2.20. The number of nitriles is 1. The summed E-state index contributed by atoms with van der Waals surface area (Å²) in [7, 11) is 0. The van der Waals surface area contributed by atoms with Crippen LogP contribution in [0.4, 0.5) is 11.4 Å². The normalized spacial score (nSPS) is 10.0. The standard InChI is InChI=1S/C19H18BrN3O2/c1-12-9-16(20)5-6-17(12)23-19(25)7-8-22-18-10-14(13(2)24)3-4-15(18)11-21/h3-6,9-10,22H,7-8H2,1-2H3,(H,23,25). The molecule has 25 heavy (non-hydrogen) atoms. The van der Waals surface area contributed by atoms with Crippen molar-refractivity contribution in [1.82, 2.24) is 0 Å². The molecule has 1 amide bonds. The second kappa shape index (κ2) is 8.45. The molecule has 0 unspecified atom stereocenters. The van der Waals surface area contributed by atoms with Crippen molar-refractivity contribution in [2.24, 2.45) is 0 Å². The quantitative estimate of drug-likeness (QED) is 0.710. The van der Waals surface area contributed by atoms with Gasteiger partial charge in [0.05, 0.1) is 11.3 Å². The molecule has 0 aliphatic carbocycles. The summed E-state index contributed by atoms with van der Waals surface area (Å²) in [6, 6.07) is 12.6. The molecule has 128 valence electrons. The third-order valence-electron chi connectivity index (χ3n) is 3.68. The predicted molar refractivity (Wildman–Crippen MR) is 102 cm³/mol. The molecule has 0 saturated heterocycles. The number of Topliss-reactive ketones (excluding diaryl/α,β-unsaturated/α-hetero) is 1. The van der Waals surface area contributed by atoms with E-state index in [0.717, 1.165) is 15.7 Å². The zero-order valence-corrected chi connectivity index (χ0v) is 15.6. The molecule has 0 bridgehead atoms. The number of benzene rings is 2. The molecule has 2 N–H and O–H groups in total. The van der Waals surface area contributed by atoms with Gasteiger partial charge in [-0.25, -0.2) is 0 Å². The van der Waals surface area contributed by atoms with Gasteiger partial charge in [-0.3, -0.25) is 9.59 Å². The lowest BCUT2D eigenvalue weighted by atomic mass is 10.1. The highest BCUT2D eigenvalue weighted by atomic mass is 79.9. The van der Waals surface area contributed by atoms with E-state index >= 15 is 0 Å². The van der Waals surface area contributed by atoms with Crippen LogP contribution < -0.4 is 10.6 Å². The molecule has 0 aliphatic rings. The molecule has 5 nitrogen and oxygen atoms in total. The SMILES string of the molecule is CC(=O)c1ccc(C#N)c(NCCC(=O)Nc2ccc(Br)cc2C)c1. The van der Waals surface area contributed by atoms with Crippen LogP contribution in [-0.4, -0.2) is 18.2 Å². The van der Waals surface area contributed by atoms with E-state index in [0.29, 0.717) is 23.4 Å². The van der Waals surface area contributed by atoms with E-state index in [1.54, 1.807) is 18.2 Å². The number of nitrogens with zero attached hydrogens (tertiary/aromatic N) is 1. The van der Waals surface area contributed by atoms with Crippen LogP contribution in [0, 0.1) is 18.3 Å². The van der Waals surface area contributed by atoms with Gasteiger partial charge < -0.3 is 10.6 Å². The van der Waals surface area contributed by atoms with Crippen molar-refractivity contribution in [1.29, 1.82) is 5.26 Å². The van der Waals surface area contributed by atoms with E-state index in [2.05, 4.69) is 32.6 Å². The van der Waals surface area contributed by atoms with E-state index in [-0.39, 0.29) is 18.1 Å². The Morgan fingerprint density at radius 2 is 1.92 bits per heavy atom. The lowest BCUT2D eigenvalue weighted by molar-refractivity contribution is -0.115. The number of halogens is 1. The fourth-order valence-electron chi connectivity index (χ4n) is 2.30. The van der Waals surface area contributed by atoms with Gasteiger partial charge in [0.2, 0.25) is 5.91 Å². The zero-order chi connectivity index (χ0) is 18.4. The summed E-state index contributed by atoms with van der Waals surface area (Å²) in [4.78, 5) is 23.5. The first-order valence-electron chi connectivity index (χ1n) is 7.75. The molecule has 2 aromatic carbocycles. The lowest BCUT2D eigenvalue weighted by Gasteiger charge is -2.11. The van der Waals surface area contributed by atoms with Gasteiger partial charge in [0.15, 0.2) is 5.78 Å². The van der Waals surface area contributed by atoms with Crippen molar-refractivity contribution < 1.29 is 9.59 Å². The fourth-order valence-corrected chi connectivity index (χ4v) is 2.77. The van der Waals surface area contributed by atoms with Crippen LogP contribution in [-0.2, 0) is 4.79 Å². The summed E-state index contributed by atoms with van der Waals surface area (Å²) in [6.45, 7) is 3.75. The average molecular weight is 400 g/mol. The van der Waals surface area contributed by atoms with Crippen molar-refractivity contribution in [3.63, 3.8) is 0 Å². The molecule has 6 heteroatoms. The molecule has 0 radical (unpaired) electrons. The molecule has 0 atom stereocenters. The molecule has 0 heterocycles. The Morgan fingerprint density at radius 3 is 2.56 bits per heavy atom. The minimum atomic E-state index is -0.126. The third kappa shape index (κ3) is 5.16. The number of rotatable bonds is 6. The molecular weight excluding hydrogens is 382 g/mol. The van der Waals surface area contributed by atoms with E-state index < -0.39 is 0 Å². The number of ketones is 1. The zero-order valence-electron chi connectivity index (χ0n) is 14.0. The molecule has 0 spiro atoms. The van der Waals surface area contributed by atoms with Gasteiger partial charge >= 0.3 is 0 Å². The Balaban J connectivity index is 1.96. The van der Waals surface area contributed by atoms with Gasteiger partial charge in [-0.2, -0.15) is 5.26 Å². The smallest absolute Gasteiger partial charge is 0.226 e. The molecule has 0 saturated carbocycles. The summed E-state index contributed by atoms with van der Waals surface area (Å²) in [6.07, 6.45) is 0.241. The monoisotopic (exact) mass is 399 g/mol. The van der Waals surface area contributed by atoms with Crippen LogP contribution >= 0.6 is 15.9 Å². The number of amides is 1. The maximum Gasteiger partial charge on any atom is 0.226 e. The number of aryl methyl sites for hydroxylation is 1. The summed E-state index contributed by atoms with van der Waals surface area (Å²) in [5, 5.41) is 15.1. The fraction of sp³-hybridized carbons (Fsp3) is 0.211. The van der Waals surface area contributed by atoms with E-state index in [1.165, 1.54) is 6.92 Å². The summed E-state index contributed by atoms with van der Waals surface area (Å²) >= 11 is 3.39. The highest BCUT2D eigenvalue weighted by molar-refractivity contribution is 9.10. The number of carbonyl (C=O) groups is 2. The largest absolute Gasteiger partial charge is 0.383 e. The Labute approximate surface area is 155 Å². The lowest BCUT2D eigenvalue weighted by Crippen LogP contribution is -2.17. The number of nitrogens with one attached hydrogen (secondary N) is 2. The molecule has 2 rings (SSSR count). The van der Waals surface area contributed by atoms with Crippen molar-refractivity contribution in [3.8, 4) is 6.07 Å². The predicted octanol–water partition coefficient (Wildman–Crippen LogP) is 4.27. The maximum absolute atomic E-state index is 12.1. The van der Waals surface area contributed by atoms with Gasteiger partial charge in [-0.15, -0.1) is 0 Å². The number of carbonyl (C=O) groups excluding carboxylic acids is 2. The van der Waals surface area contributed by atoms with Crippen LogP contribution in [0.1, 0.15) is 34.8 Å². The Bertz CT molecular complexity index is 856. The summed E-state index contributed by atoms with van der Waals surface area (Å²) < 4.78 is 0.957. The first kappa shape index (κ1) is 18.7. The molecule has 0 fully saturated rings. The number of hydrogen-bond donors (Lipinski definition) is 2. The van der Waals surface area contributed by atoms with Crippen molar-refractivity contribution in [2.45, 2.75) is 20.3 Å². The molecule has 2 aromatic rings. The van der Waals surface area contributed by atoms with Crippen LogP contribution in [0.2, 0.25) is 0 Å². The Hall–Kier alpha value is -2.65. The number of hydrogen-bond acceptors (Lipinski definition) is 4. The third-order valence-corrected chi connectivity index (χ3v) is 4.17. The van der Waals surface area contributed by atoms with Gasteiger partial charge in [0, 0.05) is 28.7 Å². The van der Waals surface area contributed by atoms with E-state index in [1.807, 2.05) is 25.1 Å². The summed E-state index contributed by atoms with van der Waals surface area (Å²) in [5.41, 5.74) is 3.26. The van der Waals surface area contributed by atoms with Gasteiger partial charge in [0.1, 0.15) is 6.07 Å². The minimum Gasteiger partial charge on any atom is -0.383 e. The van der Waals surface area contributed by atoms with Crippen molar-refractivity contribution in [2.75, 3.05) is 17.2 Å². The van der Waals surface area contributed by atoms with E-state index in [4.69, 9.17) is 5.26 Å². The molecular formula is C19H18BrN3O2. The minimum absolute atomic E-state index is 0.0732. The first-order valence-corrected chi connectivity index (χ1v) is 8.55. The van der Waals surface area contributed by atoms with Gasteiger partial charge in [-0.1, -0.05) is 15.9 Å².